The number of hydrogen-bond donors (Lipinski definition) is 1. The highest BCUT2D eigenvalue weighted by Crippen LogP contribution is 2.24. The van der Waals surface area contributed by atoms with Gasteiger partial charge in [-0.05, 0) is 49.2 Å². The van der Waals surface area contributed by atoms with Crippen LogP contribution in [0.2, 0.25) is 0 Å². The van der Waals surface area contributed by atoms with Crippen molar-refractivity contribution in [1.82, 2.24) is 19.1 Å². The Bertz CT molecular complexity index is 1510. The molecule has 8 nitrogen and oxygen atoms in total. The maximum atomic E-state index is 13.7. The summed E-state index contributed by atoms with van der Waals surface area (Å²) < 4.78 is 22.3. The monoisotopic (exact) mass is 489 g/mol. The Hall–Kier alpha value is -3.98. The van der Waals surface area contributed by atoms with E-state index in [-0.39, 0.29) is 11.1 Å². The molecule has 0 unspecified atom stereocenters. The molecule has 0 saturated carbocycles. The van der Waals surface area contributed by atoms with Crippen molar-refractivity contribution in [2.45, 2.75) is 39.9 Å². The van der Waals surface area contributed by atoms with Gasteiger partial charge in [0, 0.05) is 44.0 Å². The molecule has 0 spiro atoms. The molecular weight excluding hydrogens is 461 g/mol. The number of carbonyl (C=O) groups excluding carboxylic acids is 1. The van der Waals surface area contributed by atoms with Crippen LogP contribution in [0, 0.1) is 12.7 Å². The quantitative estimate of drug-likeness (QED) is 0.446. The van der Waals surface area contributed by atoms with Crippen molar-refractivity contribution in [2.75, 3.05) is 19.0 Å². The standard InChI is InChI=1S/C27H28FN5O3/c1-4-32-24-11-12-31(15-18-6-9-20(36-3)10-7-18)16-22(24)27(35)33-26(32)21(14-29-33)25(34)30-23-13-19(28)8-5-17(23)2/h5-10,13-14H,4,11-12,15-16H2,1-3H3,(H,30,34). The molecule has 9 heteroatoms. The van der Waals surface area contributed by atoms with Crippen molar-refractivity contribution in [3.63, 3.8) is 0 Å². The van der Waals surface area contributed by atoms with Crippen LogP contribution in [-0.4, -0.2) is 38.6 Å². The molecule has 0 aliphatic carbocycles. The van der Waals surface area contributed by atoms with Crippen LogP contribution >= 0.6 is 0 Å². The fourth-order valence-electron chi connectivity index (χ4n) is 4.85. The third kappa shape index (κ3) is 4.26. The number of aromatic nitrogens is 3. The fraction of sp³-hybridized carbons (Fsp3) is 0.296. The van der Waals surface area contributed by atoms with Gasteiger partial charge < -0.3 is 14.6 Å². The number of amides is 1. The second-order valence-electron chi connectivity index (χ2n) is 8.99. The Labute approximate surface area is 207 Å². The zero-order valence-corrected chi connectivity index (χ0v) is 20.5. The van der Waals surface area contributed by atoms with E-state index in [0.717, 1.165) is 29.1 Å². The summed E-state index contributed by atoms with van der Waals surface area (Å²) in [4.78, 5) is 28.9. The van der Waals surface area contributed by atoms with E-state index in [1.165, 1.54) is 22.8 Å². The molecule has 0 radical (unpaired) electrons. The number of benzene rings is 2. The number of anilines is 1. The molecule has 5 rings (SSSR count). The van der Waals surface area contributed by atoms with Gasteiger partial charge in [-0.2, -0.15) is 9.61 Å². The minimum absolute atomic E-state index is 0.217. The van der Waals surface area contributed by atoms with Gasteiger partial charge in [-0.3, -0.25) is 14.5 Å². The van der Waals surface area contributed by atoms with Crippen LogP contribution in [0.4, 0.5) is 10.1 Å². The summed E-state index contributed by atoms with van der Waals surface area (Å²) in [5.41, 5.74) is 4.40. The third-order valence-electron chi connectivity index (χ3n) is 6.74. The average Bonchev–Trinajstić information content (AvgIpc) is 3.33. The predicted molar refractivity (Wildman–Crippen MR) is 135 cm³/mol. The number of hydrogen-bond acceptors (Lipinski definition) is 5. The Morgan fingerprint density at radius 2 is 1.97 bits per heavy atom. The van der Waals surface area contributed by atoms with Gasteiger partial charge >= 0.3 is 0 Å². The lowest BCUT2D eigenvalue weighted by atomic mass is 10.0. The molecule has 2 aromatic carbocycles. The van der Waals surface area contributed by atoms with Gasteiger partial charge in [-0.15, -0.1) is 0 Å². The Morgan fingerprint density at radius 1 is 1.19 bits per heavy atom. The van der Waals surface area contributed by atoms with E-state index >= 15 is 0 Å². The van der Waals surface area contributed by atoms with Crippen LogP contribution in [0.3, 0.4) is 0 Å². The molecule has 1 amide bonds. The van der Waals surface area contributed by atoms with E-state index < -0.39 is 11.7 Å². The Morgan fingerprint density at radius 3 is 2.69 bits per heavy atom. The highest BCUT2D eigenvalue weighted by molar-refractivity contribution is 6.08. The second-order valence-corrected chi connectivity index (χ2v) is 8.99. The summed E-state index contributed by atoms with van der Waals surface area (Å²) in [6.45, 7) is 6.36. The van der Waals surface area contributed by atoms with Crippen LogP contribution in [0.5, 0.6) is 5.75 Å². The zero-order valence-electron chi connectivity index (χ0n) is 20.5. The van der Waals surface area contributed by atoms with Crippen molar-refractivity contribution in [1.29, 1.82) is 0 Å². The molecule has 0 bridgehead atoms. The number of aryl methyl sites for hydroxylation is 2. The number of fused-ring (bicyclic) bond motifs is 2. The third-order valence-corrected chi connectivity index (χ3v) is 6.74. The van der Waals surface area contributed by atoms with Crippen molar-refractivity contribution < 1.29 is 13.9 Å². The molecule has 1 N–H and O–H groups in total. The molecule has 3 heterocycles. The molecule has 1 aliphatic heterocycles. The molecule has 4 aromatic rings. The van der Waals surface area contributed by atoms with Gasteiger partial charge in [0.15, 0.2) is 5.65 Å². The van der Waals surface area contributed by atoms with E-state index in [4.69, 9.17) is 4.74 Å². The maximum Gasteiger partial charge on any atom is 0.279 e. The highest BCUT2D eigenvalue weighted by Gasteiger charge is 2.27. The first kappa shape index (κ1) is 23.7. The molecule has 2 aromatic heterocycles. The summed E-state index contributed by atoms with van der Waals surface area (Å²) in [6.07, 6.45) is 2.09. The number of carbonyl (C=O) groups is 1. The smallest absolute Gasteiger partial charge is 0.279 e. The SMILES string of the molecule is CCn1c2c(c(=O)n3ncc(C(=O)Nc4cc(F)ccc4C)c13)CN(Cc1ccc(OC)cc1)CC2. The summed E-state index contributed by atoms with van der Waals surface area (Å²) in [5.74, 6) is -0.0614. The van der Waals surface area contributed by atoms with Gasteiger partial charge in [0.2, 0.25) is 0 Å². The number of nitrogens with zero attached hydrogens (tertiary/aromatic N) is 4. The van der Waals surface area contributed by atoms with Crippen LogP contribution < -0.4 is 15.6 Å². The van der Waals surface area contributed by atoms with Crippen LogP contribution in [0.15, 0.2) is 53.5 Å². The summed E-state index contributed by atoms with van der Waals surface area (Å²) in [6, 6.07) is 12.2. The van der Waals surface area contributed by atoms with Gasteiger partial charge in [-0.1, -0.05) is 18.2 Å². The minimum Gasteiger partial charge on any atom is -0.497 e. The molecule has 0 saturated heterocycles. The Balaban J connectivity index is 1.48. The lowest BCUT2D eigenvalue weighted by Gasteiger charge is -2.30. The first-order valence-electron chi connectivity index (χ1n) is 11.9. The van der Waals surface area contributed by atoms with E-state index in [1.807, 2.05) is 35.8 Å². The number of ether oxygens (including phenoxy) is 1. The number of methoxy groups -OCH3 is 1. The van der Waals surface area contributed by atoms with Crippen LogP contribution in [0.1, 0.15) is 39.7 Å². The minimum atomic E-state index is -0.436. The zero-order chi connectivity index (χ0) is 25.4. The van der Waals surface area contributed by atoms with E-state index in [9.17, 15) is 14.0 Å². The van der Waals surface area contributed by atoms with E-state index in [1.54, 1.807) is 20.1 Å². The van der Waals surface area contributed by atoms with Gasteiger partial charge in [0.25, 0.3) is 11.5 Å². The van der Waals surface area contributed by atoms with E-state index in [2.05, 4.69) is 15.3 Å². The van der Waals surface area contributed by atoms with Gasteiger partial charge in [-0.25, -0.2) is 4.39 Å². The fourth-order valence-corrected chi connectivity index (χ4v) is 4.85. The predicted octanol–water partition coefficient (Wildman–Crippen LogP) is 3.78. The normalized spacial score (nSPS) is 13.6. The number of halogens is 1. The average molecular weight is 490 g/mol. The molecule has 1 aliphatic rings. The largest absolute Gasteiger partial charge is 0.497 e. The maximum absolute atomic E-state index is 13.7. The number of nitrogens with one attached hydrogen (secondary N) is 1. The topological polar surface area (TPSA) is 80.9 Å². The van der Waals surface area contributed by atoms with Crippen molar-refractivity contribution in [3.8, 4) is 5.75 Å². The number of rotatable bonds is 6. The first-order valence-corrected chi connectivity index (χ1v) is 11.9. The van der Waals surface area contributed by atoms with Crippen molar-refractivity contribution in [3.05, 3.63) is 92.8 Å². The lowest BCUT2D eigenvalue weighted by Crippen LogP contribution is -2.38. The molecule has 0 atom stereocenters. The molecular formula is C27H28FN5O3. The van der Waals surface area contributed by atoms with Crippen molar-refractivity contribution >= 4 is 17.2 Å². The molecule has 186 valence electrons. The summed E-state index contributed by atoms with van der Waals surface area (Å²) in [5, 5.41) is 7.06. The van der Waals surface area contributed by atoms with Gasteiger partial charge in [0.05, 0.1) is 18.9 Å². The molecule has 0 fully saturated rings. The Kier molecular flexibility index (Phi) is 6.32. The summed E-state index contributed by atoms with van der Waals surface area (Å²) in [7, 11) is 1.64. The second kappa shape index (κ2) is 9.58. The molecule has 36 heavy (non-hydrogen) atoms. The first-order chi connectivity index (χ1) is 17.4. The van der Waals surface area contributed by atoms with Gasteiger partial charge in [0.1, 0.15) is 17.1 Å². The van der Waals surface area contributed by atoms with Crippen LogP contribution in [-0.2, 0) is 26.1 Å². The summed E-state index contributed by atoms with van der Waals surface area (Å²) >= 11 is 0. The van der Waals surface area contributed by atoms with Crippen molar-refractivity contribution in [2.24, 2.45) is 0 Å². The van der Waals surface area contributed by atoms with Crippen LogP contribution in [0.25, 0.3) is 5.65 Å². The van der Waals surface area contributed by atoms with E-state index in [0.29, 0.717) is 43.0 Å². The highest BCUT2D eigenvalue weighted by atomic mass is 19.1. The lowest BCUT2D eigenvalue weighted by molar-refractivity contribution is 0.102.